The van der Waals surface area contributed by atoms with Crippen LogP contribution in [-0.4, -0.2) is 39.2 Å². The van der Waals surface area contributed by atoms with E-state index in [0.717, 1.165) is 44.9 Å². The summed E-state index contributed by atoms with van der Waals surface area (Å²) in [5, 5.41) is 31.1. The highest BCUT2D eigenvalue weighted by Gasteiger charge is 2.72. The fourth-order valence-electron chi connectivity index (χ4n) is 9.13. The molecule has 0 bridgehead atoms. The number of aliphatic carboxylic acids is 1. The summed E-state index contributed by atoms with van der Waals surface area (Å²) in [7, 11) is 0. The van der Waals surface area contributed by atoms with Crippen LogP contribution in [0.5, 0.6) is 0 Å². The van der Waals surface area contributed by atoms with E-state index in [9.17, 15) is 15.0 Å². The van der Waals surface area contributed by atoms with Gasteiger partial charge in [-0.05, 0) is 97.7 Å². The number of hydrogen-bond donors (Lipinski definition) is 5. The number of carboxylic acids is 1. The Bertz CT molecular complexity index is 711. The molecule has 0 aromatic heterocycles. The minimum absolute atomic E-state index is 0.0306. The molecule has 1 heterocycles. The van der Waals surface area contributed by atoms with Crippen LogP contribution >= 0.6 is 0 Å². The predicted molar refractivity (Wildman–Crippen MR) is 113 cm³/mol. The molecular weight excluding hydrogens is 380 g/mol. The van der Waals surface area contributed by atoms with Crippen molar-refractivity contribution in [3.8, 4) is 0 Å². The van der Waals surface area contributed by atoms with Crippen molar-refractivity contribution in [3.05, 3.63) is 0 Å². The summed E-state index contributed by atoms with van der Waals surface area (Å²) >= 11 is 0. The number of hydrazine groups is 1. The minimum atomic E-state index is -0.720. The Kier molecular flexibility index (Phi) is 4.87. The Hall–Kier alpha value is -0.690. The molecule has 1 saturated heterocycles. The van der Waals surface area contributed by atoms with Crippen LogP contribution < -0.4 is 10.9 Å². The van der Waals surface area contributed by atoms with E-state index in [1.807, 2.05) is 0 Å². The summed E-state index contributed by atoms with van der Waals surface area (Å²) in [5.41, 5.74) is 7.12. The van der Waals surface area contributed by atoms with Crippen molar-refractivity contribution in [2.45, 2.75) is 96.4 Å². The van der Waals surface area contributed by atoms with Gasteiger partial charge in [0.1, 0.15) is 0 Å². The third-order valence-corrected chi connectivity index (χ3v) is 10.9. The van der Waals surface area contributed by atoms with Crippen molar-refractivity contribution in [2.75, 3.05) is 0 Å². The summed E-state index contributed by atoms with van der Waals surface area (Å²) in [6, 6.07) is 0. The first-order valence-corrected chi connectivity index (χ1v) is 12.2. The molecule has 0 radical (unpaired) electrons. The Balaban J connectivity index is 1.46. The van der Waals surface area contributed by atoms with Crippen LogP contribution in [-0.2, 0) is 4.79 Å². The number of nitrogens with one attached hydrogen (secondary N) is 2. The maximum Gasteiger partial charge on any atom is 0.303 e. The molecule has 170 valence electrons. The molecule has 0 aromatic rings. The lowest BCUT2D eigenvalue weighted by atomic mass is 9.42. The highest BCUT2D eigenvalue weighted by Crippen LogP contribution is 2.70. The van der Waals surface area contributed by atoms with Gasteiger partial charge in [-0.25, -0.2) is 10.9 Å². The van der Waals surface area contributed by atoms with Gasteiger partial charge in [-0.1, -0.05) is 20.8 Å². The lowest BCUT2D eigenvalue weighted by Gasteiger charge is -2.64. The van der Waals surface area contributed by atoms with Crippen LogP contribution in [0.2, 0.25) is 0 Å². The smallest absolute Gasteiger partial charge is 0.303 e. The maximum absolute atomic E-state index is 11.6. The summed E-state index contributed by atoms with van der Waals surface area (Å²) in [5.74, 6) is 1.89. The van der Waals surface area contributed by atoms with Gasteiger partial charge in [0, 0.05) is 6.42 Å². The zero-order chi connectivity index (χ0) is 21.5. The average Bonchev–Trinajstić information content (AvgIpc) is 3.35. The normalized spacial score (nSPS) is 52.2. The molecule has 30 heavy (non-hydrogen) atoms. The molecule has 1 spiro atoms. The van der Waals surface area contributed by atoms with Crippen molar-refractivity contribution in [2.24, 2.45) is 46.3 Å². The van der Waals surface area contributed by atoms with Crippen LogP contribution in [0.1, 0.15) is 78.6 Å². The van der Waals surface area contributed by atoms with E-state index in [0.29, 0.717) is 41.9 Å². The summed E-state index contributed by atoms with van der Waals surface area (Å²) in [4.78, 5) is 11.1. The van der Waals surface area contributed by atoms with Gasteiger partial charge >= 0.3 is 5.97 Å². The van der Waals surface area contributed by atoms with Gasteiger partial charge in [0.2, 0.25) is 0 Å². The molecule has 0 unspecified atom stereocenters. The monoisotopic (exact) mass is 420 g/mol. The molecule has 5 fully saturated rings. The number of hydrogen-bond acceptors (Lipinski definition) is 5. The van der Waals surface area contributed by atoms with Crippen LogP contribution in [0.15, 0.2) is 0 Å². The second-order valence-electron chi connectivity index (χ2n) is 12.0. The first kappa shape index (κ1) is 21.2. The molecule has 0 aromatic carbocycles. The second kappa shape index (κ2) is 6.90. The van der Waals surface area contributed by atoms with Crippen molar-refractivity contribution < 1.29 is 20.1 Å². The number of rotatable bonds is 4. The first-order valence-electron chi connectivity index (χ1n) is 12.2. The molecule has 4 aliphatic carbocycles. The number of carbonyl (C=O) groups is 1. The van der Waals surface area contributed by atoms with E-state index in [1.54, 1.807) is 0 Å². The molecule has 10 atom stereocenters. The quantitative estimate of drug-likeness (QED) is 0.446. The molecule has 6 nitrogen and oxygen atoms in total. The molecule has 5 rings (SSSR count). The number of aliphatic hydroxyl groups excluding tert-OH is 2. The third kappa shape index (κ3) is 2.86. The van der Waals surface area contributed by atoms with E-state index in [1.165, 1.54) is 0 Å². The molecule has 0 amide bonds. The Labute approximate surface area is 180 Å². The Morgan fingerprint density at radius 3 is 2.50 bits per heavy atom. The molecule has 5 N–H and O–H groups in total. The third-order valence-electron chi connectivity index (χ3n) is 10.9. The molecular formula is C24H40N2O4. The van der Waals surface area contributed by atoms with Gasteiger partial charge < -0.3 is 15.3 Å². The van der Waals surface area contributed by atoms with Crippen molar-refractivity contribution in [3.63, 3.8) is 0 Å². The van der Waals surface area contributed by atoms with E-state index < -0.39 is 5.97 Å². The number of carboxylic acid groups (broad SMARTS) is 1. The highest BCUT2D eigenvalue weighted by atomic mass is 16.4. The van der Waals surface area contributed by atoms with Gasteiger partial charge in [-0.3, -0.25) is 4.79 Å². The SMILES string of the molecule is C[C@H](CCC(=O)O)[C@H]1CC[C@H]2[C@H]3[C@H](C[C@H](O)[C@]12C)[C@@]1(C)CC[C@@H](O)C[C@H]1CC31NN1. The zero-order valence-electron chi connectivity index (χ0n) is 18.7. The van der Waals surface area contributed by atoms with Gasteiger partial charge in [-0.15, -0.1) is 0 Å². The highest BCUT2D eigenvalue weighted by molar-refractivity contribution is 5.66. The fourth-order valence-corrected chi connectivity index (χ4v) is 9.13. The van der Waals surface area contributed by atoms with Crippen LogP contribution in [0.4, 0.5) is 0 Å². The maximum atomic E-state index is 11.6. The van der Waals surface area contributed by atoms with Crippen molar-refractivity contribution in [1.82, 2.24) is 10.9 Å². The second-order valence-corrected chi connectivity index (χ2v) is 12.0. The fraction of sp³-hybridized carbons (Fsp3) is 0.958. The van der Waals surface area contributed by atoms with Crippen molar-refractivity contribution >= 4 is 5.97 Å². The summed E-state index contributed by atoms with van der Waals surface area (Å²) in [6.07, 6.45) is 7.37. The largest absolute Gasteiger partial charge is 0.481 e. The number of aliphatic hydroxyl groups is 2. The summed E-state index contributed by atoms with van der Waals surface area (Å²) in [6.45, 7) is 6.94. The predicted octanol–water partition coefficient (Wildman–Crippen LogP) is 2.89. The van der Waals surface area contributed by atoms with E-state index in [4.69, 9.17) is 5.11 Å². The van der Waals surface area contributed by atoms with Crippen molar-refractivity contribution in [1.29, 1.82) is 0 Å². The minimum Gasteiger partial charge on any atom is -0.481 e. The van der Waals surface area contributed by atoms with Gasteiger partial charge in [0.05, 0.1) is 17.9 Å². The zero-order valence-corrected chi connectivity index (χ0v) is 18.7. The van der Waals surface area contributed by atoms with Gasteiger partial charge in [-0.2, -0.15) is 0 Å². The van der Waals surface area contributed by atoms with Crippen LogP contribution in [0, 0.1) is 46.3 Å². The molecule has 1 aliphatic heterocycles. The van der Waals surface area contributed by atoms with E-state index >= 15 is 0 Å². The van der Waals surface area contributed by atoms with E-state index in [2.05, 4.69) is 31.6 Å². The molecule has 6 heteroatoms. The van der Waals surface area contributed by atoms with Crippen LogP contribution in [0.3, 0.4) is 0 Å². The molecule has 5 aliphatic rings. The topological polar surface area (TPSA) is 122 Å². The standard InChI is InChI=1S/C24H40N2O4/c1-13(4-7-20(29)30)16-5-6-17-21-18(11-19(28)23(16,17)3)22(2)9-8-15(27)10-14(22)12-24(21)25-26-24/h13-19,21,25-28H,4-12H2,1-3H3,(H,29,30)/t13-,14+,15-,16-,17+,18+,19+,21+,22+,23-/m1/s1. The van der Waals surface area contributed by atoms with Gasteiger partial charge in [0.25, 0.3) is 0 Å². The lowest BCUT2D eigenvalue weighted by Crippen LogP contribution is -2.64. The van der Waals surface area contributed by atoms with E-state index in [-0.39, 0.29) is 35.1 Å². The van der Waals surface area contributed by atoms with Crippen LogP contribution in [0.25, 0.3) is 0 Å². The molecule has 4 saturated carbocycles. The first-order chi connectivity index (χ1) is 14.1. The lowest BCUT2D eigenvalue weighted by molar-refractivity contribution is -0.187. The summed E-state index contributed by atoms with van der Waals surface area (Å²) < 4.78 is 0. The van der Waals surface area contributed by atoms with Gasteiger partial charge in [0.15, 0.2) is 0 Å². The average molecular weight is 421 g/mol. The Morgan fingerprint density at radius 1 is 1.10 bits per heavy atom. The Morgan fingerprint density at radius 2 is 1.83 bits per heavy atom. The number of fused-ring (bicyclic) bond motifs is 6.